The highest BCUT2D eigenvalue weighted by Gasteiger charge is 2.32. The number of hydrogen-bond donors (Lipinski definition) is 2. The molecule has 0 spiro atoms. The molecule has 0 fully saturated rings. The Balaban J connectivity index is 2.33. The molecule has 2 N–H and O–H groups in total. The highest BCUT2D eigenvalue weighted by Crippen LogP contribution is 2.29. The van der Waals surface area contributed by atoms with Crippen LogP contribution in [-0.4, -0.2) is 30.6 Å². The molecule has 1 heterocycles. The summed E-state index contributed by atoms with van der Waals surface area (Å²) in [5.41, 5.74) is 2.89. The predicted octanol–water partition coefficient (Wildman–Crippen LogP) is 2.53. The molecule has 0 saturated carbocycles. The van der Waals surface area contributed by atoms with Crippen LogP contribution in [0.25, 0.3) is 0 Å². The van der Waals surface area contributed by atoms with Crippen molar-refractivity contribution < 1.29 is 14.3 Å². The number of hydrogen-bond acceptors (Lipinski definition) is 4. The SMILES string of the molecule is CSCCOC(=O)C1=C(C)NC(=O)N[C@@H]1c1ccccc1C. The van der Waals surface area contributed by atoms with Crippen molar-refractivity contribution in [2.75, 3.05) is 18.6 Å². The van der Waals surface area contributed by atoms with Gasteiger partial charge >= 0.3 is 12.0 Å². The molecular weight excluding hydrogens is 300 g/mol. The molecule has 2 rings (SSSR count). The predicted molar refractivity (Wildman–Crippen MR) is 87.6 cm³/mol. The van der Waals surface area contributed by atoms with Gasteiger partial charge in [-0.05, 0) is 31.2 Å². The van der Waals surface area contributed by atoms with Crippen LogP contribution < -0.4 is 10.6 Å². The average molecular weight is 320 g/mol. The first-order chi connectivity index (χ1) is 10.5. The van der Waals surface area contributed by atoms with E-state index in [0.29, 0.717) is 17.9 Å². The highest BCUT2D eigenvalue weighted by atomic mass is 32.2. The van der Waals surface area contributed by atoms with Crippen LogP contribution in [0.1, 0.15) is 24.1 Å². The Labute approximate surface area is 134 Å². The van der Waals surface area contributed by atoms with Gasteiger partial charge in [0.25, 0.3) is 0 Å². The summed E-state index contributed by atoms with van der Waals surface area (Å²) < 4.78 is 5.31. The summed E-state index contributed by atoms with van der Waals surface area (Å²) in [6.07, 6.45) is 1.96. The molecule has 22 heavy (non-hydrogen) atoms. The Hall–Kier alpha value is -1.95. The first kappa shape index (κ1) is 16.4. The van der Waals surface area contributed by atoms with Crippen molar-refractivity contribution in [1.82, 2.24) is 10.6 Å². The summed E-state index contributed by atoms with van der Waals surface area (Å²) in [7, 11) is 0. The van der Waals surface area contributed by atoms with Crippen molar-refractivity contribution in [3.05, 3.63) is 46.7 Å². The quantitative estimate of drug-likeness (QED) is 0.646. The first-order valence-electron chi connectivity index (χ1n) is 7.04. The Bertz CT molecular complexity index is 613. The molecule has 0 aliphatic carbocycles. The van der Waals surface area contributed by atoms with E-state index < -0.39 is 12.0 Å². The topological polar surface area (TPSA) is 67.4 Å². The van der Waals surface area contributed by atoms with Gasteiger partial charge in [-0.25, -0.2) is 9.59 Å². The molecular formula is C16H20N2O3S. The molecule has 5 nitrogen and oxygen atoms in total. The third kappa shape index (κ3) is 3.62. The number of carbonyl (C=O) groups is 2. The third-order valence-electron chi connectivity index (χ3n) is 3.51. The van der Waals surface area contributed by atoms with Crippen molar-refractivity contribution in [2.24, 2.45) is 0 Å². The zero-order valence-corrected chi connectivity index (χ0v) is 13.8. The van der Waals surface area contributed by atoms with Crippen molar-refractivity contribution >= 4 is 23.8 Å². The number of rotatable bonds is 5. The van der Waals surface area contributed by atoms with E-state index in [-0.39, 0.29) is 6.03 Å². The highest BCUT2D eigenvalue weighted by molar-refractivity contribution is 7.98. The minimum Gasteiger partial charge on any atom is -0.461 e. The number of thioether (sulfide) groups is 1. The van der Waals surface area contributed by atoms with Crippen molar-refractivity contribution in [3.8, 4) is 0 Å². The van der Waals surface area contributed by atoms with E-state index in [9.17, 15) is 9.59 Å². The molecule has 2 amide bonds. The lowest BCUT2D eigenvalue weighted by Gasteiger charge is -2.29. The van der Waals surface area contributed by atoms with Gasteiger partial charge in [-0.3, -0.25) is 0 Å². The average Bonchev–Trinajstić information content (AvgIpc) is 2.47. The van der Waals surface area contributed by atoms with E-state index in [1.165, 1.54) is 0 Å². The smallest absolute Gasteiger partial charge is 0.338 e. The second kappa shape index (κ2) is 7.35. The van der Waals surface area contributed by atoms with Crippen LogP contribution in [0.2, 0.25) is 0 Å². The van der Waals surface area contributed by atoms with E-state index in [0.717, 1.165) is 16.9 Å². The number of carbonyl (C=O) groups excluding carboxylic acids is 2. The molecule has 1 aliphatic rings. The molecule has 0 aromatic heterocycles. The van der Waals surface area contributed by atoms with Crippen molar-refractivity contribution in [3.63, 3.8) is 0 Å². The lowest BCUT2D eigenvalue weighted by molar-refractivity contribution is -0.138. The van der Waals surface area contributed by atoms with Gasteiger partial charge in [0.2, 0.25) is 0 Å². The zero-order chi connectivity index (χ0) is 16.1. The number of urea groups is 1. The summed E-state index contributed by atoms with van der Waals surface area (Å²) in [4.78, 5) is 24.2. The Kier molecular flexibility index (Phi) is 5.49. The van der Waals surface area contributed by atoms with E-state index >= 15 is 0 Å². The second-order valence-electron chi connectivity index (χ2n) is 5.06. The molecule has 1 aromatic rings. The maximum absolute atomic E-state index is 12.4. The second-order valence-corrected chi connectivity index (χ2v) is 6.04. The van der Waals surface area contributed by atoms with Crippen LogP contribution in [0.3, 0.4) is 0 Å². The fourth-order valence-corrected chi connectivity index (χ4v) is 2.65. The number of esters is 1. The number of allylic oxidation sites excluding steroid dienone is 1. The largest absolute Gasteiger partial charge is 0.461 e. The Morgan fingerprint density at radius 1 is 1.32 bits per heavy atom. The van der Waals surface area contributed by atoms with E-state index in [2.05, 4.69) is 10.6 Å². The Morgan fingerprint density at radius 3 is 2.73 bits per heavy atom. The number of amides is 2. The molecule has 6 heteroatoms. The van der Waals surface area contributed by atoms with Gasteiger partial charge in [-0.1, -0.05) is 24.3 Å². The number of aryl methyl sites for hydroxylation is 1. The summed E-state index contributed by atoms with van der Waals surface area (Å²) in [6.45, 7) is 4.02. The van der Waals surface area contributed by atoms with Gasteiger partial charge in [0, 0.05) is 11.4 Å². The minimum absolute atomic E-state index is 0.314. The van der Waals surface area contributed by atoms with Gasteiger partial charge in [0.15, 0.2) is 0 Å². The van der Waals surface area contributed by atoms with Crippen LogP contribution in [0.15, 0.2) is 35.5 Å². The molecule has 1 atom stereocenters. The summed E-state index contributed by atoms with van der Waals surface area (Å²) in [5.74, 6) is 0.347. The van der Waals surface area contributed by atoms with Gasteiger partial charge in [0.1, 0.15) is 6.61 Å². The lowest BCUT2D eigenvalue weighted by Crippen LogP contribution is -2.45. The molecule has 1 aliphatic heterocycles. The van der Waals surface area contributed by atoms with E-state index in [4.69, 9.17) is 4.74 Å². The molecule has 0 radical (unpaired) electrons. The van der Waals surface area contributed by atoms with Crippen LogP contribution in [0.5, 0.6) is 0 Å². The molecule has 0 saturated heterocycles. The van der Waals surface area contributed by atoms with Crippen LogP contribution >= 0.6 is 11.8 Å². The summed E-state index contributed by atoms with van der Waals surface area (Å²) in [6, 6.07) is 6.88. The number of nitrogens with one attached hydrogen (secondary N) is 2. The van der Waals surface area contributed by atoms with Crippen LogP contribution in [0.4, 0.5) is 4.79 Å². The number of benzene rings is 1. The monoisotopic (exact) mass is 320 g/mol. The molecule has 118 valence electrons. The molecule has 0 unspecified atom stereocenters. The normalized spacial score (nSPS) is 17.8. The van der Waals surface area contributed by atoms with Crippen LogP contribution in [-0.2, 0) is 9.53 Å². The maximum atomic E-state index is 12.4. The first-order valence-corrected chi connectivity index (χ1v) is 8.44. The third-order valence-corrected chi connectivity index (χ3v) is 4.08. The molecule has 0 bridgehead atoms. The minimum atomic E-state index is -0.489. The van der Waals surface area contributed by atoms with Gasteiger partial charge in [0.05, 0.1) is 11.6 Å². The fraction of sp³-hybridized carbons (Fsp3) is 0.375. The summed E-state index contributed by atoms with van der Waals surface area (Å²) >= 11 is 1.61. The van der Waals surface area contributed by atoms with Crippen molar-refractivity contribution in [1.29, 1.82) is 0 Å². The maximum Gasteiger partial charge on any atom is 0.338 e. The van der Waals surface area contributed by atoms with Gasteiger partial charge < -0.3 is 15.4 Å². The standard InChI is InChI=1S/C16H20N2O3S/c1-10-6-4-5-7-12(10)14-13(11(2)17-16(20)18-14)15(19)21-8-9-22-3/h4-7,14H,8-9H2,1-3H3,(H2,17,18,20)/t14-/m1/s1. The fourth-order valence-electron chi connectivity index (χ4n) is 2.40. The lowest BCUT2D eigenvalue weighted by atomic mass is 9.92. The Morgan fingerprint density at radius 2 is 2.05 bits per heavy atom. The number of ether oxygens (including phenoxy) is 1. The molecule has 1 aromatic carbocycles. The summed E-state index contributed by atoms with van der Waals surface area (Å²) in [5, 5.41) is 5.45. The van der Waals surface area contributed by atoms with Crippen LogP contribution in [0, 0.1) is 6.92 Å². The van der Waals surface area contributed by atoms with Gasteiger partial charge in [-0.2, -0.15) is 11.8 Å². The van der Waals surface area contributed by atoms with E-state index in [1.54, 1.807) is 18.7 Å². The van der Waals surface area contributed by atoms with Crippen molar-refractivity contribution in [2.45, 2.75) is 19.9 Å². The zero-order valence-electron chi connectivity index (χ0n) is 12.9. The van der Waals surface area contributed by atoms with Gasteiger partial charge in [-0.15, -0.1) is 0 Å². The van der Waals surface area contributed by atoms with E-state index in [1.807, 2.05) is 37.4 Å².